The highest BCUT2D eigenvalue weighted by molar-refractivity contribution is 5.96. The number of carbonyl (C=O) groups excluding carboxylic acids is 1. The summed E-state index contributed by atoms with van der Waals surface area (Å²) in [4.78, 5) is 16.0. The lowest BCUT2D eigenvalue weighted by atomic mass is 10.0. The summed E-state index contributed by atoms with van der Waals surface area (Å²) in [5.74, 6) is 0.287. The number of carbonyl (C=O) groups is 1. The molecule has 0 aliphatic carbocycles. The number of imidazole rings is 1. The van der Waals surface area contributed by atoms with Crippen LogP contribution in [0.3, 0.4) is 0 Å². The van der Waals surface area contributed by atoms with Crippen molar-refractivity contribution in [3.8, 4) is 12.1 Å². The van der Waals surface area contributed by atoms with Crippen LogP contribution in [0, 0.1) is 22.7 Å². The van der Waals surface area contributed by atoms with Gasteiger partial charge in [0, 0.05) is 5.56 Å². The quantitative estimate of drug-likeness (QED) is 0.805. The first-order chi connectivity index (χ1) is 10.1. The van der Waals surface area contributed by atoms with E-state index in [1.54, 1.807) is 12.1 Å². The second kappa shape index (κ2) is 6.02. The van der Waals surface area contributed by atoms with Crippen molar-refractivity contribution in [1.82, 2.24) is 9.55 Å². The van der Waals surface area contributed by atoms with Gasteiger partial charge in [-0.05, 0) is 11.5 Å². The molecule has 0 atom stereocenters. The van der Waals surface area contributed by atoms with Gasteiger partial charge in [0.2, 0.25) is 0 Å². The molecule has 0 radical (unpaired) electrons. The SMILES string of the molecule is CC(C)c1ccc(C(=O)Cn2cnc(C#N)c2C#N)cc1. The third-order valence-electron chi connectivity index (χ3n) is 3.26. The van der Waals surface area contributed by atoms with Gasteiger partial charge in [0.25, 0.3) is 0 Å². The van der Waals surface area contributed by atoms with E-state index in [0.717, 1.165) is 0 Å². The minimum atomic E-state index is -0.122. The number of hydrogen-bond donors (Lipinski definition) is 0. The average molecular weight is 278 g/mol. The highest BCUT2D eigenvalue weighted by atomic mass is 16.1. The number of benzene rings is 1. The predicted molar refractivity (Wildman–Crippen MR) is 76.5 cm³/mol. The van der Waals surface area contributed by atoms with Gasteiger partial charge < -0.3 is 4.57 Å². The summed E-state index contributed by atoms with van der Waals surface area (Å²) >= 11 is 0. The smallest absolute Gasteiger partial charge is 0.182 e. The summed E-state index contributed by atoms with van der Waals surface area (Å²) in [5.41, 5.74) is 1.90. The van der Waals surface area contributed by atoms with E-state index >= 15 is 0 Å². The van der Waals surface area contributed by atoms with Crippen LogP contribution in [-0.4, -0.2) is 15.3 Å². The van der Waals surface area contributed by atoms with Crippen molar-refractivity contribution in [3.63, 3.8) is 0 Å². The van der Waals surface area contributed by atoms with Crippen LogP contribution < -0.4 is 0 Å². The zero-order chi connectivity index (χ0) is 15.4. The molecule has 0 spiro atoms. The first-order valence-corrected chi connectivity index (χ1v) is 6.55. The molecule has 0 unspecified atom stereocenters. The molecule has 21 heavy (non-hydrogen) atoms. The number of rotatable bonds is 4. The van der Waals surface area contributed by atoms with Gasteiger partial charge in [-0.1, -0.05) is 38.1 Å². The van der Waals surface area contributed by atoms with E-state index in [1.807, 2.05) is 24.3 Å². The fourth-order valence-electron chi connectivity index (χ4n) is 2.00. The lowest BCUT2D eigenvalue weighted by molar-refractivity contribution is 0.0971. The Balaban J connectivity index is 2.21. The first kappa shape index (κ1) is 14.5. The predicted octanol–water partition coefficient (Wildman–Crippen LogP) is 2.63. The van der Waals surface area contributed by atoms with E-state index < -0.39 is 0 Å². The molecule has 1 aromatic carbocycles. The van der Waals surface area contributed by atoms with Gasteiger partial charge in [-0.2, -0.15) is 10.5 Å². The molecule has 0 saturated heterocycles. The van der Waals surface area contributed by atoms with Crippen molar-refractivity contribution < 1.29 is 4.79 Å². The third-order valence-corrected chi connectivity index (χ3v) is 3.26. The van der Waals surface area contributed by atoms with E-state index in [0.29, 0.717) is 11.5 Å². The Kier molecular flexibility index (Phi) is 4.15. The maximum absolute atomic E-state index is 12.2. The molecule has 104 valence electrons. The molecule has 1 aromatic heterocycles. The van der Waals surface area contributed by atoms with E-state index in [2.05, 4.69) is 18.8 Å². The minimum absolute atomic E-state index is 0.00139. The van der Waals surface area contributed by atoms with Crippen LogP contribution in [0.1, 0.15) is 47.1 Å². The molecule has 5 heteroatoms. The van der Waals surface area contributed by atoms with Crippen LogP contribution in [0.2, 0.25) is 0 Å². The molecule has 0 saturated carbocycles. The summed E-state index contributed by atoms with van der Waals surface area (Å²) < 4.78 is 1.40. The normalized spacial score (nSPS) is 10.1. The van der Waals surface area contributed by atoms with Gasteiger partial charge in [-0.3, -0.25) is 4.79 Å². The maximum atomic E-state index is 12.2. The molecule has 2 rings (SSSR count). The molecule has 0 fully saturated rings. The maximum Gasteiger partial charge on any atom is 0.182 e. The van der Waals surface area contributed by atoms with Crippen molar-refractivity contribution in [3.05, 3.63) is 53.1 Å². The van der Waals surface area contributed by atoms with Gasteiger partial charge in [-0.15, -0.1) is 0 Å². The van der Waals surface area contributed by atoms with Crippen LogP contribution in [0.4, 0.5) is 0 Å². The largest absolute Gasteiger partial charge is 0.313 e. The summed E-state index contributed by atoms with van der Waals surface area (Å²) in [6.45, 7) is 4.18. The van der Waals surface area contributed by atoms with Crippen LogP contribution in [0.15, 0.2) is 30.6 Å². The first-order valence-electron chi connectivity index (χ1n) is 6.55. The number of nitriles is 2. The molecule has 0 bridgehead atoms. The molecular weight excluding hydrogens is 264 g/mol. The fourth-order valence-corrected chi connectivity index (χ4v) is 2.00. The molecule has 0 amide bonds. The Hall–Kier alpha value is -2.92. The summed E-state index contributed by atoms with van der Waals surface area (Å²) in [6.07, 6.45) is 1.34. The Bertz CT molecular complexity index is 742. The van der Waals surface area contributed by atoms with Crippen molar-refractivity contribution >= 4 is 5.78 Å². The fraction of sp³-hybridized carbons (Fsp3) is 0.250. The summed E-state index contributed by atoms with van der Waals surface area (Å²) in [6, 6.07) is 11.2. The van der Waals surface area contributed by atoms with Gasteiger partial charge in [0.05, 0.1) is 12.9 Å². The van der Waals surface area contributed by atoms with Gasteiger partial charge in [0.15, 0.2) is 17.2 Å². The highest BCUT2D eigenvalue weighted by Gasteiger charge is 2.14. The molecular formula is C16H14N4O. The van der Waals surface area contributed by atoms with Gasteiger partial charge in [-0.25, -0.2) is 4.98 Å². The number of ketones is 1. The van der Waals surface area contributed by atoms with Gasteiger partial charge in [0.1, 0.15) is 12.1 Å². The topological polar surface area (TPSA) is 82.5 Å². The highest BCUT2D eigenvalue weighted by Crippen LogP contribution is 2.15. The second-order valence-electron chi connectivity index (χ2n) is 4.99. The average Bonchev–Trinajstić information content (AvgIpc) is 2.89. The number of aromatic nitrogens is 2. The lowest BCUT2D eigenvalue weighted by Gasteiger charge is -2.07. The lowest BCUT2D eigenvalue weighted by Crippen LogP contribution is -2.11. The second-order valence-corrected chi connectivity index (χ2v) is 4.99. The van der Waals surface area contributed by atoms with E-state index in [9.17, 15) is 4.79 Å². The van der Waals surface area contributed by atoms with E-state index in [-0.39, 0.29) is 23.7 Å². The molecule has 2 aromatic rings. The Morgan fingerprint density at radius 3 is 2.43 bits per heavy atom. The molecule has 0 aliphatic heterocycles. The van der Waals surface area contributed by atoms with Crippen LogP contribution in [-0.2, 0) is 6.54 Å². The molecule has 0 aliphatic rings. The summed E-state index contributed by atoms with van der Waals surface area (Å²) in [5, 5.41) is 17.9. The standard InChI is InChI=1S/C16H14N4O/c1-11(2)12-3-5-13(6-4-12)16(21)9-20-10-19-14(7-17)15(20)8-18/h3-6,10-11H,9H2,1-2H3. The van der Waals surface area contributed by atoms with E-state index in [4.69, 9.17) is 10.5 Å². The van der Waals surface area contributed by atoms with Crippen molar-refractivity contribution in [2.24, 2.45) is 0 Å². The monoisotopic (exact) mass is 278 g/mol. The Morgan fingerprint density at radius 2 is 1.90 bits per heavy atom. The number of nitrogens with zero attached hydrogens (tertiary/aromatic N) is 4. The zero-order valence-corrected chi connectivity index (χ0v) is 11.9. The van der Waals surface area contributed by atoms with Crippen LogP contribution >= 0.6 is 0 Å². The van der Waals surface area contributed by atoms with Gasteiger partial charge >= 0.3 is 0 Å². The summed E-state index contributed by atoms with van der Waals surface area (Å²) in [7, 11) is 0. The molecule has 1 heterocycles. The minimum Gasteiger partial charge on any atom is -0.313 e. The van der Waals surface area contributed by atoms with Crippen molar-refractivity contribution in [1.29, 1.82) is 10.5 Å². The molecule has 0 N–H and O–H groups in total. The van der Waals surface area contributed by atoms with E-state index in [1.165, 1.54) is 16.5 Å². The Morgan fingerprint density at radius 1 is 1.24 bits per heavy atom. The van der Waals surface area contributed by atoms with Crippen molar-refractivity contribution in [2.75, 3.05) is 0 Å². The zero-order valence-electron chi connectivity index (χ0n) is 11.9. The number of hydrogen-bond acceptors (Lipinski definition) is 4. The molecule has 5 nitrogen and oxygen atoms in total. The van der Waals surface area contributed by atoms with Crippen LogP contribution in [0.25, 0.3) is 0 Å². The number of Topliss-reactive ketones (excluding diaryl/α,β-unsaturated/α-hetero) is 1. The van der Waals surface area contributed by atoms with Crippen LogP contribution in [0.5, 0.6) is 0 Å². The Labute approximate surface area is 123 Å². The third kappa shape index (κ3) is 2.98. The van der Waals surface area contributed by atoms with Crippen molar-refractivity contribution in [2.45, 2.75) is 26.3 Å².